The maximum atomic E-state index is 6.04. The molecule has 8 heteroatoms. The van der Waals surface area contributed by atoms with E-state index in [4.69, 9.17) is 25.8 Å². The minimum absolute atomic E-state index is 0.194. The highest BCUT2D eigenvalue weighted by Gasteiger charge is 2.15. The summed E-state index contributed by atoms with van der Waals surface area (Å²) in [6.45, 7) is 2.02. The maximum Gasteiger partial charge on any atom is 0.225 e. The molecule has 126 valence electrons. The predicted octanol–water partition coefficient (Wildman–Crippen LogP) is 4.42. The third-order valence-corrected chi connectivity index (χ3v) is 4.53. The van der Waals surface area contributed by atoms with Gasteiger partial charge in [-0.2, -0.15) is 4.98 Å². The number of anilines is 2. The lowest BCUT2D eigenvalue weighted by molar-refractivity contribution is 0.324. The molecule has 2 heterocycles. The molecule has 0 spiro atoms. The van der Waals surface area contributed by atoms with Crippen molar-refractivity contribution in [3.05, 3.63) is 28.4 Å². The normalized spacial score (nSPS) is 10.7. The SMILES string of the molecule is COc1cc(Nc2nc(Cl)nc3sc(C)cc23)cc(OC)c1OC. The van der Waals surface area contributed by atoms with Crippen molar-refractivity contribution in [1.29, 1.82) is 0 Å². The molecule has 1 aromatic carbocycles. The fraction of sp³-hybridized carbons (Fsp3) is 0.250. The van der Waals surface area contributed by atoms with Gasteiger partial charge in [-0.3, -0.25) is 0 Å². The van der Waals surface area contributed by atoms with E-state index in [0.717, 1.165) is 20.8 Å². The van der Waals surface area contributed by atoms with Crippen LogP contribution in [0.4, 0.5) is 11.5 Å². The van der Waals surface area contributed by atoms with Gasteiger partial charge < -0.3 is 19.5 Å². The fourth-order valence-corrected chi connectivity index (χ4v) is 3.50. The number of rotatable bonds is 5. The van der Waals surface area contributed by atoms with Crippen molar-refractivity contribution in [3.63, 3.8) is 0 Å². The Labute approximate surface area is 148 Å². The number of nitrogens with one attached hydrogen (secondary N) is 1. The Balaban J connectivity index is 2.08. The van der Waals surface area contributed by atoms with Crippen molar-refractivity contribution in [3.8, 4) is 17.2 Å². The van der Waals surface area contributed by atoms with Crippen LogP contribution in [0.15, 0.2) is 18.2 Å². The number of thiophene rings is 1. The van der Waals surface area contributed by atoms with Crippen molar-refractivity contribution in [2.24, 2.45) is 0 Å². The van der Waals surface area contributed by atoms with E-state index in [9.17, 15) is 0 Å². The number of halogens is 1. The van der Waals surface area contributed by atoms with Gasteiger partial charge in [0.1, 0.15) is 10.6 Å². The smallest absolute Gasteiger partial charge is 0.225 e. The number of benzene rings is 1. The molecule has 0 saturated heterocycles. The van der Waals surface area contributed by atoms with Crippen LogP contribution in [0.3, 0.4) is 0 Å². The van der Waals surface area contributed by atoms with Gasteiger partial charge in [0.15, 0.2) is 11.5 Å². The molecule has 0 atom stereocenters. The molecule has 6 nitrogen and oxygen atoms in total. The predicted molar refractivity (Wildman–Crippen MR) is 96.5 cm³/mol. The summed E-state index contributed by atoms with van der Waals surface area (Å²) < 4.78 is 16.1. The topological polar surface area (TPSA) is 65.5 Å². The molecule has 0 aliphatic carbocycles. The first kappa shape index (κ1) is 16.6. The van der Waals surface area contributed by atoms with Crippen molar-refractivity contribution < 1.29 is 14.2 Å². The van der Waals surface area contributed by atoms with E-state index >= 15 is 0 Å². The molecule has 3 rings (SSSR count). The van der Waals surface area contributed by atoms with E-state index in [1.165, 1.54) is 0 Å². The third-order valence-electron chi connectivity index (χ3n) is 3.42. The van der Waals surface area contributed by atoms with Crippen LogP contribution in [0, 0.1) is 6.92 Å². The van der Waals surface area contributed by atoms with Crippen LogP contribution in [-0.4, -0.2) is 31.3 Å². The average Bonchev–Trinajstić information content (AvgIpc) is 2.94. The lowest BCUT2D eigenvalue weighted by Crippen LogP contribution is -1.99. The van der Waals surface area contributed by atoms with E-state index < -0.39 is 0 Å². The van der Waals surface area contributed by atoms with E-state index in [1.54, 1.807) is 32.7 Å². The van der Waals surface area contributed by atoms with E-state index in [1.807, 2.05) is 25.1 Å². The van der Waals surface area contributed by atoms with Crippen LogP contribution in [0.1, 0.15) is 4.88 Å². The highest BCUT2D eigenvalue weighted by atomic mass is 35.5. The Morgan fingerprint density at radius 2 is 1.67 bits per heavy atom. The lowest BCUT2D eigenvalue weighted by Gasteiger charge is -2.15. The number of ether oxygens (including phenoxy) is 3. The number of aromatic nitrogens is 2. The Morgan fingerprint density at radius 1 is 1.00 bits per heavy atom. The molecule has 0 unspecified atom stereocenters. The molecule has 1 N–H and O–H groups in total. The average molecular weight is 366 g/mol. The summed E-state index contributed by atoms with van der Waals surface area (Å²) in [6, 6.07) is 5.64. The summed E-state index contributed by atoms with van der Waals surface area (Å²) in [5.74, 6) is 2.26. The lowest BCUT2D eigenvalue weighted by atomic mass is 10.2. The minimum atomic E-state index is 0.194. The Hall–Kier alpha value is -2.25. The Kier molecular flexibility index (Phi) is 4.64. The highest BCUT2D eigenvalue weighted by molar-refractivity contribution is 7.18. The second-order valence-corrected chi connectivity index (χ2v) is 6.53. The summed E-state index contributed by atoms with van der Waals surface area (Å²) in [6.07, 6.45) is 0. The molecule has 0 aliphatic heterocycles. The van der Waals surface area contributed by atoms with Crippen LogP contribution in [0.2, 0.25) is 5.28 Å². The van der Waals surface area contributed by atoms with E-state index in [0.29, 0.717) is 23.1 Å². The molecule has 0 amide bonds. The van der Waals surface area contributed by atoms with Crippen LogP contribution in [-0.2, 0) is 0 Å². The number of hydrogen-bond donors (Lipinski definition) is 1. The van der Waals surface area contributed by atoms with Gasteiger partial charge in [0, 0.05) is 22.7 Å². The Morgan fingerprint density at radius 3 is 2.25 bits per heavy atom. The number of fused-ring (bicyclic) bond motifs is 1. The van der Waals surface area contributed by atoms with Crippen LogP contribution < -0.4 is 19.5 Å². The molecule has 3 aromatic rings. The van der Waals surface area contributed by atoms with Crippen molar-refractivity contribution in [2.75, 3.05) is 26.6 Å². The second kappa shape index (κ2) is 6.70. The van der Waals surface area contributed by atoms with Crippen LogP contribution >= 0.6 is 22.9 Å². The summed E-state index contributed by atoms with van der Waals surface area (Å²) in [7, 11) is 4.71. The van der Waals surface area contributed by atoms with Crippen LogP contribution in [0.5, 0.6) is 17.2 Å². The van der Waals surface area contributed by atoms with E-state index in [-0.39, 0.29) is 5.28 Å². The van der Waals surface area contributed by atoms with Crippen molar-refractivity contribution in [2.45, 2.75) is 6.92 Å². The first-order chi connectivity index (χ1) is 11.5. The number of hydrogen-bond acceptors (Lipinski definition) is 7. The third kappa shape index (κ3) is 3.05. The van der Waals surface area contributed by atoms with Gasteiger partial charge in [0.05, 0.1) is 26.7 Å². The van der Waals surface area contributed by atoms with E-state index in [2.05, 4.69) is 15.3 Å². The summed E-state index contributed by atoms with van der Waals surface area (Å²) in [5.41, 5.74) is 0.740. The number of methoxy groups -OCH3 is 3. The van der Waals surface area contributed by atoms with Gasteiger partial charge in [-0.15, -0.1) is 11.3 Å². The molecule has 2 aromatic heterocycles. The summed E-state index contributed by atoms with van der Waals surface area (Å²) in [4.78, 5) is 10.5. The zero-order valence-corrected chi connectivity index (χ0v) is 15.2. The highest BCUT2D eigenvalue weighted by Crippen LogP contribution is 2.41. The van der Waals surface area contributed by atoms with Gasteiger partial charge in [0.2, 0.25) is 11.0 Å². The number of nitrogens with zero attached hydrogens (tertiary/aromatic N) is 2. The van der Waals surface area contributed by atoms with Gasteiger partial charge in [-0.1, -0.05) is 0 Å². The monoisotopic (exact) mass is 365 g/mol. The fourth-order valence-electron chi connectivity index (χ4n) is 2.40. The second-order valence-electron chi connectivity index (χ2n) is 4.96. The maximum absolute atomic E-state index is 6.04. The Bertz CT molecular complexity index is 873. The molecular formula is C16H16ClN3O3S. The minimum Gasteiger partial charge on any atom is -0.493 e. The van der Waals surface area contributed by atoms with Crippen molar-refractivity contribution >= 4 is 44.7 Å². The summed E-state index contributed by atoms with van der Waals surface area (Å²) in [5, 5.41) is 4.36. The van der Waals surface area contributed by atoms with Gasteiger partial charge in [0.25, 0.3) is 0 Å². The quantitative estimate of drug-likeness (QED) is 0.675. The first-order valence-corrected chi connectivity index (χ1v) is 8.26. The number of aryl methyl sites for hydroxylation is 1. The first-order valence-electron chi connectivity index (χ1n) is 7.06. The molecule has 24 heavy (non-hydrogen) atoms. The largest absolute Gasteiger partial charge is 0.493 e. The zero-order valence-electron chi connectivity index (χ0n) is 13.6. The molecule has 0 aliphatic rings. The molecule has 0 fully saturated rings. The van der Waals surface area contributed by atoms with Crippen LogP contribution in [0.25, 0.3) is 10.2 Å². The standard InChI is InChI=1S/C16H16ClN3O3S/c1-8-5-10-14(19-16(17)20-15(10)24-8)18-9-6-11(21-2)13(23-4)12(7-9)22-3/h5-7H,1-4H3,(H,18,19,20). The van der Waals surface area contributed by atoms with Gasteiger partial charge in [-0.25, -0.2) is 4.98 Å². The molecule has 0 bridgehead atoms. The van der Waals surface area contributed by atoms with Crippen molar-refractivity contribution in [1.82, 2.24) is 9.97 Å². The molecule has 0 saturated carbocycles. The molecule has 0 radical (unpaired) electrons. The van der Waals surface area contributed by atoms with Gasteiger partial charge in [-0.05, 0) is 24.6 Å². The summed E-state index contributed by atoms with van der Waals surface area (Å²) >= 11 is 7.61. The van der Waals surface area contributed by atoms with Gasteiger partial charge >= 0.3 is 0 Å². The molecular weight excluding hydrogens is 350 g/mol. The zero-order chi connectivity index (χ0) is 17.3.